The van der Waals surface area contributed by atoms with Crippen molar-refractivity contribution in [3.8, 4) is 0 Å². The quantitative estimate of drug-likeness (QED) is 0.326. The Morgan fingerprint density at radius 1 is 1.31 bits per heavy atom. The highest BCUT2D eigenvalue weighted by Crippen LogP contribution is 2.32. The molecule has 0 N–H and O–H groups in total. The monoisotopic (exact) mass is 401 g/mol. The first kappa shape index (κ1) is 22.3. The minimum absolute atomic E-state index is 0.138. The van der Waals surface area contributed by atoms with Crippen LogP contribution in [0.15, 0.2) is 36.4 Å². The predicted octanol–water partition coefficient (Wildman–Crippen LogP) is 3.28. The zero-order valence-electron chi connectivity index (χ0n) is 17.4. The molecule has 1 heterocycles. The molecule has 0 saturated carbocycles. The molecular weight excluding hydrogens is 374 g/mol. The lowest BCUT2D eigenvalue weighted by Gasteiger charge is -2.36. The van der Waals surface area contributed by atoms with Crippen LogP contribution < -0.4 is 0 Å². The molecule has 1 aliphatic rings. The molecule has 0 radical (unpaired) electrons. The number of hydrogen-bond acceptors (Lipinski definition) is 5. The van der Waals surface area contributed by atoms with Gasteiger partial charge in [-0.2, -0.15) is 4.79 Å². The summed E-state index contributed by atoms with van der Waals surface area (Å²) in [5.74, 6) is -0.843. The third kappa shape index (κ3) is 6.27. The van der Waals surface area contributed by atoms with Crippen molar-refractivity contribution >= 4 is 24.4 Å². The highest BCUT2D eigenvalue weighted by Gasteiger charge is 2.49. The summed E-state index contributed by atoms with van der Waals surface area (Å²) in [5, 5.41) is 0. The number of carbonyl (C=O) groups excluding carboxylic acids is 2. The van der Waals surface area contributed by atoms with Crippen LogP contribution in [0.2, 0.25) is 0 Å². The molecule has 1 fully saturated rings. The van der Waals surface area contributed by atoms with E-state index in [-0.39, 0.29) is 6.61 Å². The molecule has 0 aromatic heterocycles. The molecule has 1 aliphatic heterocycles. The minimum Gasteiger partial charge on any atom is -0.447 e. The number of amides is 1. The van der Waals surface area contributed by atoms with E-state index in [0.717, 1.165) is 5.56 Å². The summed E-state index contributed by atoms with van der Waals surface area (Å²) in [6.07, 6.45) is 2.69. The second-order valence-electron chi connectivity index (χ2n) is 8.09. The SMILES string of the molecule is CC(C)(C)OC(=O)N1[C@H]([C@H](/C=C\c2ccccc2)OC(=O)C=[N+]=[N-])COC1(C)C. The molecule has 1 amide bonds. The third-order valence-corrected chi connectivity index (χ3v) is 4.18. The summed E-state index contributed by atoms with van der Waals surface area (Å²) in [6.45, 7) is 8.94. The van der Waals surface area contributed by atoms with Gasteiger partial charge in [-0.3, -0.25) is 4.90 Å². The van der Waals surface area contributed by atoms with Crippen molar-refractivity contribution in [2.24, 2.45) is 0 Å². The zero-order valence-corrected chi connectivity index (χ0v) is 17.4. The molecule has 0 unspecified atom stereocenters. The van der Waals surface area contributed by atoms with Gasteiger partial charge >= 0.3 is 18.3 Å². The van der Waals surface area contributed by atoms with Crippen LogP contribution in [0.25, 0.3) is 11.6 Å². The normalized spacial score (nSPS) is 19.5. The predicted molar refractivity (Wildman–Crippen MR) is 107 cm³/mol. The van der Waals surface area contributed by atoms with Gasteiger partial charge in [-0.15, -0.1) is 0 Å². The lowest BCUT2D eigenvalue weighted by Crippen LogP contribution is -2.53. The molecule has 0 bridgehead atoms. The largest absolute Gasteiger partial charge is 0.447 e. The maximum Gasteiger partial charge on any atom is 0.414 e. The van der Waals surface area contributed by atoms with Crippen molar-refractivity contribution in [2.45, 2.75) is 58.1 Å². The fourth-order valence-electron chi connectivity index (χ4n) is 2.97. The number of ether oxygens (including phenoxy) is 3. The van der Waals surface area contributed by atoms with Crippen molar-refractivity contribution in [3.63, 3.8) is 0 Å². The average Bonchev–Trinajstić information content (AvgIpc) is 2.93. The van der Waals surface area contributed by atoms with Gasteiger partial charge in [0.2, 0.25) is 0 Å². The van der Waals surface area contributed by atoms with Gasteiger partial charge in [0.25, 0.3) is 0 Å². The van der Waals surface area contributed by atoms with Crippen LogP contribution in [0.1, 0.15) is 40.2 Å². The Bertz CT molecular complexity index is 807. The third-order valence-electron chi connectivity index (χ3n) is 4.18. The first-order chi connectivity index (χ1) is 13.5. The summed E-state index contributed by atoms with van der Waals surface area (Å²) in [5.41, 5.74) is 7.86. The smallest absolute Gasteiger partial charge is 0.414 e. The minimum atomic E-state index is -0.955. The molecular formula is C21H27N3O5. The highest BCUT2D eigenvalue weighted by atomic mass is 16.6. The van der Waals surface area contributed by atoms with E-state index in [2.05, 4.69) is 4.79 Å². The zero-order chi connectivity index (χ0) is 21.7. The molecule has 0 spiro atoms. The van der Waals surface area contributed by atoms with Gasteiger partial charge in [-0.05, 0) is 46.3 Å². The first-order valence-corrected chi connectivity index (χ1v) is 9.31. The van der Waals surface area contributed by atoms with E-state index in [9.17, 15) is 9.59 Å². The van der Waals surface area contributed by atoms with Gasteiger partial charge < -0.3 is 19.7 Å². The Labute approximate surface area is 170 Å². The highest BCUT2D eigenvalue weighted by molar-refractivity contribution is 6.20. The average molecular weight is 401 g/mol. The number of hydrogen-bond donors (Lipinski definition) is 0. The molecule has 1 aromatic carbocycles. The summed E-state index contributed by atoms with van der Waals surface area (Å²) in [4.78, 5) is 29.0. The summed E-state index contributed by atoms with van der Waals surface area (Å²) in [6, 6.07) is 8.82. The molecule has 0 aliphatic carbocycles. The Hall–Kier alpha value is -2.96. The van der Waals surface area contributed by atoms with Crippen LogP contribution in [0.5, 0.6) is 0 Å². The molecule has 8 heteroatoms. The topological polar surface area (TPSA) is 101 Å². The van der Waals surface area contributed by atoms with Gasteiger partial charge in [0.15, 0.2) is 0 Å². The van der Waals surface area contributed by atoms with E-state index >= 15 is 0 Å². The molecule has 156 valence electrons. The van der Waals surface area contributed by atoms with Crippen molar-refractivity contribution in [1.82, 2.24) is 4.90 Å². The lowest BCUT2D eigenvalue weighted by molar-refractivity contribution is -0.144. The van der Waals surface area contributed by atoms with Crippen molar-refractivity contribution in [2.75, 3.05) is 6.61 Å². The second-order valence-corrected chi connectivity index (χ2v) is 8.09. The van der Waals surface area contributed by atoms with Crippen LogP contribution in [0.3, 0.4) is 0 Å². The van der Waals surface area contributed by atoms with E-state index in [0.29, 0.717) is 6.21 Å². The van der Waals surface area contributed by atoms with Crippen LogP contribution in [-0.2, 0) is 19.0 Å². The van der Waals surface area contributed by atoms with Crippen molar-refractivity contribution < 1.29 is 28.6 Å². The van der Waals surface area contributed by atoms with E-state index in [1.807, 2.05) is 30.3 Å². The number of esters is 1. The van der Waals surface area contributed by atoms with E-state index in [1.54, 1.807) is 46.8 Å². The fourth-order valence-corrected chi connectivity index (χ4v) is 2.97. The summed E-state index contributed by atoms with van der Waals surface area (Å²) in [7, 11) is 0. The summed E-state index contributed by atoms with van der Waals surface area (Å²) >= 11 is 0. The van der Waals surface area contributed by atoms with Gasteiger partial charge in [0.05, 0.1) is 6.61 Å². The van der Waals surface area contributed by atoms with Gasteiger partial charge in [-0.25, -0.2) is 9.59 Å². The van der Waals surface area contributed by atoms with Crippen LogP contribution in [0.4, 0.5) is 4.79 Å². The van der Waals surface area contributed by atoms with Gasteiger partial charge in [0.1, 0.15) is 23.5 Å². The Kier molecular flexibility index (Phi) is 6.95. The maximum atomic E-state index is 12.9. The lowest BCUT2D eigenvalue weighted by atomic mass is 10.1. The van der Waals surface area contributed by atoms with E-state index in [4.69, 9.17) is 19.7 Å². The van der Waals surface area contributed by atoms with E-state index in [1.165, 1.54) is 4.90 Å². The van der Waals surface area contributed by atoms with Crippen LogP contribution >= 0.6 is 0 Å². The molecule has 29 heavy (non-hydrogen) atoms. The molecule has 2 atom stereocenters. The number of carbonyl (C=O) groups is 2. The molecule has 1 aromatic rings. The molecule has 1 saturated heterocycles. The van der Waals surface area contributed by atoms with Crippen molar-refractivity contribution in [1.29, 1.82) is 0 Å². The summed E-state index contributed by atoms with van der Waals surface area (Å²) < 4.78 is 16.8. The van der Waals surface area contributed by atoms with Gasteiger partial charge in [0, 0.05) is 0 Å². The van der Waals surface area contributed by atoms with Crippen molar-refractivity contribution in [3.05, 3.63) is 47.5 Å². The first-order valence-electron chi connectivity index (χ1n) is 9.31. The maximum absolute atomic E-state index is 12.9. The van der Waals surface area contributed by atoms with Gasteiger partial charge in [-0.1, -0.05) is 36.4 Å². The van der Waals surface area contributed by atoms with E-state index < -0.39 is 35.5 Å². The number of benzene rings is 1. The molecule has 8 nitrogen and oxygen atoms in total. The Morgan fingerprint density at radius 3 is 2.55 bits per heavy atom. The molecule has 2 rings (SSSR count). The van der Waals surface area contributed by atoms with Crippen LogP contribution in [-0.4, -0.2) is 58.0 Å². The second kappa shape index (κ2) is 9.03. The number of rotatable bonds is 5. The Balaban J connectivity index is 2.35. The van der Waals surface area contributed by atoms with Crippen LogP contribution in [0, 0.1) is 0 Å². The fraction of sp³-hybridized carbons (Fsp3) is 0.476. The Morgan fingerprint density at radius 2 is 1.97 bits per heavy atom. The standard InChI is InChI=1S/C21H27N3O5/c1-20(2,3)29-19(26)24-16(14-27-21(24,4)5)17(28-18(25)13-23-22)12-11-15-9-7-6-8-10-15/h6-13,16-17H,14H2,1-5H3/b12-11-/t16-,17-/m0/s1. The number of nitrogens with zero attached hydrogens (tertiary/aromatic N) is 3.